The van der Waals surface area contributed by atoms with Gasteiger partial charge >= 0.3 is 0 Å². The summed E-state index contributed by atoms with van der Waals surface area (Å²) in [4.78, 5) is 4.25. The number of anilines is 1. The van der Waals surface area contributed by atoms with Gasteiger partial charge in [0.05, 0.1) is 13.6 Å². The molecule has 0 atom stereocenters. The van der Waals surface area contributed by atoms with Crippen molar-refractivity contribution in [2.75, 3.05) is 18.6 Å². The third kappa shape index (κ3) is 5.80. The molecular weight excluding hydrogens is 212 g/mol. The smallest absolute Gasteiger partial charge is 0.150 e. The van der Waals surface area contributed by atoms with Gasteiger partial charge in [-0.2, -0.15) is 5.11 Å². The maximum absolute atomic E-state index is 4.25. The van der Waals surface area contributed by atoms with Crippen molar-refractivity contribution in [3.05, 3.63) is 36.0 Å². The average Bonchev–Trinajstić information content (AvgIpc) is 2.37. The Bertz CT molecular complexity index is 358. The van der Waals surface area contributed by atoms with Crippen LogP contribution in [0.25, 0.3) is 0 Å². The van der Waals surface area contributed by atoms with Crippen LogP contribution in [-0.4, -0.2) is 18.6 Å². The second-order valence-electron chi connectivity index (χ2n) is 3.13. The summed E-state index contributed by atoms with van der Waals surface area (Å²) >= 11 is 0. The van der Waals surface area contributed by atoms with Crippen molar-refractivity contribution < 1.29 is 0 Å². The first-order chi connectivity index (χ1) is 8.27. The summed E-state index contributed by atoms with van der Waals surface area (Å²) in [6.45, 7) is 8.69. The van der Waals surface area contributed by atoms with E-state index in [1.807, 2.05) is 52.0 Å². The van der Waals surface area contributed by atoms with Crippen molar-refractivity contribution in [1.82, 2.24) is 4.98 Å². The fraction of sp³-hybridized carbons (Fsp3) is 0.462. The molecule has 0 spiro atoms. The van der Waals surface area contributed by atoms with Crippen LogP contribution in [0.1, 0.15) is 26.3 Å². The van der Waals surface area contributed by atoms with Gasteiger partial charge in [0.1, 0.15) is 0 Å². The number of aromatic nitrogens is 1. The van der Waals surface area contributed by atoms with Gasteiger partial charge < -0.3 is 0 Å². The Hall–Kier alpha value is -1.71. The maximum atomic E-state index is 4.25. The minimum absolute atomic E-state index is 0.685. The van der Waals surface area contributed by atoms with Gasteiger partial charge in [0.25, 0.3) is 0 Å². The lowest BCUT2D eigenvalue weighted by molar-refractivity contribution is 0.833. The Balaban J connectivity index is 0.00000121. The Morgan fingerprint density at radius 3 is 2.65 bits per heavy atom. The summed E-state index contributed by atoms with van der Waals surface area (Å²) in [7, 11) is 1.65. The zero-order chi connectivity index (χ0) is 13.1. The number of pyridine rings is 1. The topological polar surface area (TPSA) is 40.9 Å². The molecule has 0 aliphatic rings. The van der Waals surface area contributed by atoms with E-state index in [4.69, 9.17) is 0 Å². The van der Waals surface area contributed by atoms with Crippen LogP contribution >= 0.6 is 0 Å². The standard InChI is InChI=1S/C11H16N4.C2H6/c1-4-5-8-15(14-12-3)11-9-10(2)6-7-13-11;1-2/h4-7,9H,8H2,1-3H3;1-2H3/b5-4-,14-12?;. The van der Waals surface area contributed by atoms with Crippen LogP contribution in [0.4, 0.5) is 5.82 Å². The maximum Gasteiger partial charge on any atom is 0.150 e. The van der Waals surface area contributed by atoms with E-state index in [0.717, 1.165) is 11.4 Å². The molecule has 0 saturated heterocycles. The summed E-state index contributed by atoms with van der Waals surface area (Å²) in [5.41, 5.74) is 1.16. The van der Waals surface area contributed by atoms with Gasteiger partial charge in [-0.25, -0.2) is 9.99 Å². The molecule has 0 amide bonds. The minimum atomic E-state index is 0.685. The van der Waals surface area contributed by atoms with Crippen LogP contribution in [0.15, 0.2) is 40.8 Å². The Labute approximate surface area is 104 Å². The Kier molecular flexibility index (Phi) is 8.55. The highest BCUT2D eigenvalue weighted by atomic mass is 15.5. The van der Waals surface area contributed by atoms with Gasteiger partial charge in [0.15, 0.2) is 5.82 Å². The van der Waals surface area contributed by atoms with Crippen LogP contribution in [0.5, 0.6) is 0 Å². The van der Waals surface area contributed by atoms with Gasteiger partial charge in [0.2, 0.25) is 0 Å². The number of rotatable bonds is 4. The van der Waals surface area contributed by atoms with Crippen LogP contribution in [0, 0.1) is 6.92 Å². The van der Waals surface area contributed by atoms with E-state index in [1.54, 1.807) is 18.3 Å². The van der Waals surface area contributed by atoms with Crippen LogP contribution < -0.4 is 5.01 Å². The van der Waals surface area contributed by atoms with E-state index in [0.29, 0.717) is 6.54 Å². The monoisotopic (exact) mass is 234 g/mol. The molecule has 0 aliphatic heterocycles. The molecular formula is C13H22N4. The first-order valence-electron chi connectivity index (χ1n) is 5.89. The Morgan fingerprint density at radius 2 is 2.12 bits per heavy atom. The summed E-state index contributed by atoms with van der Waals surface area (Å²) in [5.74, 6) is 0.818. The quantitative estimate of drug-likeness (QED) is 0.451. The fourth-order valence-corrected chi connectivity index (χ4v) is 1.15. The van der Waals surface area contributed by atoms with Gasteiger partial charge in [0, 0.05) is 6.20 Å². The van der Waals surface area contributed by atoms with E-state index < -0.39 is 0 Å². The lowest BCUT2D eigenvalue weighted by atomic mass is 10.3. The number of allylic oxidation sites excluding steroid dienone is 1. The number of hydrogen-bond donors (Lipinski definition) is 0. The summed E-state index contributed by atoms with van der Waals surface area (Å²) in [5, 5.41) is 9.55. The second kappa shape index (κ2) is 9.51. The summed E-state index contributed by atoms with van der Waals surface area (Å²) in [6, 6.07) is 3.94. The Morgan fingerprint density at radius 1 is 1.41 bits per heavy atom. The van der Waals surface area contributed by atoms with Crippen LogP contribution in [0.2, 0.25) is 0 Å². The predicted molar refractivity (Wildman–Crippen MR) is 73.3 cm³/mol. The zero-order valence-electron chi connectivity index (χ0n) is 11.4. The number of nitrogens with zero attached hydrogens (tertiary/aromatic N) is 4. The van der Waals surface area contributed by atoms with Gasteiger partial charge in [-0.1, -0.05) is 31.2 Å². The molecule has 0 unspecified atom stereocenters. The third-order valence-corrected chi connectivity index (χ3v) is 1.88. The second-order valence-corrected chi connectivity index (χ2v) is 3.13. The highest BCUT2D eigenvalue weighted by Gasteiger charge is 2.04. The van der Waals surface area contributed by atoms with E-state index in [9.17, 15) is 0 Å². The molecule has 1 heterocycles. The highest BCUT2D eigenvalue weighted by Crippen LogP contribution is 2.12. The molecule has 1 rings (SSSR count). The first-order valence-corrected chi connectivity index (χ1v) is 5.89. The van der Waals surface area contributed by atoms with Gasteiger partial charge in [-0.3, -0.25) is 0 Å². The van der Waals surface area contributed by atoms with Gasteiger partial charge in [-0.05, 0) is 31.5 Å². The molecule has 0 radical (unpaired) electrons. The lowest BCUT2D eigenvalue weighted by Gasteiger charge is -2.14. The largest absolute Gasteiger partial charge is 0.237 e. The zero-order valence-corrected chi connectivity index (χ0v) is 11.4. The number of hydrogen-bond acceptors (Lipinski definition) is 3. The normalized spacial score (nSPS) is 10.4. The SMILES string of the molecule is C/C=C\CN(N=NC)c1cc(C)ccn1.CC. The third-order valence-electron chi connectivity index (χ3n) is 1.88. The molecule has 4 nitrogen and oxygen atoms in total. The fourth-order valence-electron chi connectivity index (χ4n) is 1.15. The van der Waals surface area contributed by atoms with Crippen LogP contribution in [0.3, 0.4) is 0 Å². The number of aryl methyl sites for hydroxylation is 1. The molecule has 0 N–H and O–H groups in total. The molecule has 17 heavy (non-hydrogen) atoms. The van der Waals surface area contributed by atoms with Gasteiger partial charge in [-0.15, -0.1) is 0 Å². The highest BCUT2D eigenvalue weighted by molar-refractivity contribution is 5.39. The van der Waals surface area contributed by atoms with E-state index >= 15 is 0 Å². The van der Waals surface area contributed by atoms with Crippen molar-refractivity contribution in [1.29, 1.82) is 0 Å². The van der Waals surface area contributed by atoms with Crippen molar-refractivity contribution in [3.63, 3.8) is 0 Å². The van der Waals surface area contributed by atoms with Crippen molar-refractivity contribution >= 4 is 5.82 Å². The van der Waals surface area contributed by atoms with Crippen molar-refractivity contribution in [2.24, 2.45) is 10.3 Å². The molecule has 1 aromatic heterocycles. The van der Waals surface area contributed by atoms with E-state index in [-0.39, 0.29) is 0 Å². The minimum Gasteiger partial charge on any atom is -0.237 e. The molecule has 94 valence electrons. The molecule has 0 aromatic carbocycles. The van der Waals surface area contributed by atoms with Crippen molar-refractivity contribution in [2.45, 2.75) is 27.7 Å². The van der Waals surface area contributed by atoms with E-state index in [2.05, 4.69) is 15.3 Å². The molecule has 0 fully saturated rings. The molecule has 0 bridgehead atoms. The predicted octanol–water partition coefficient (Wildman–Crippen LogP) is 3.80. The molecule has 0 saturated carbocycles. The van der Waals surface area contributed by atoms with E-state index in [1.165, 1.54) is 0 Å². The first kappa shape index (κ1) is 15.3. The molecule has 0 aliphatic carbocycles. The molecule has 4 heteroatoms. The summed E-state index contributed by atoms with van der Waals surface area (Å²) < 4.78 is 0. The van der Waals surface area contributed by atoms with Crippen LogP contribution in [-0.2, 0) is 0 Å². The lowest BCUT2D eigenvalue weighted by Crippen LogP contribution is -2.16. The van der Waals surface area contributed by atoms with Crippen molar-refractivity contribution in [3.8, 4) is 0 Å². The summed E-state index contributed by atoms with van der Waals surface area (Å²) in [6.07, 6.45) is 5.77. The molecule has 1 aromatic rings. The average molecular weight is 234 g/mol.